The van der Waals surface area contributed by atoms with Gasteiger partial charge < -0.3 is 4.18 Å². The summed E-state index contributed by atoms with van der Waals surface area (Å²) in [6, 6.07) is 4.26. The number of fused-ring (bicyclic) bond motifs is 1. The van der Waals surface area contributed by atoms with Gasteiger partial charge in [0, 0.05) is 12.4 Å². The van der Waals surface area contributed by atoms with Gasteiger partial charge in [-0.1, -0.05) is 6.07 Å². The summed E-state index contributed by atoms with van der Waals surface area (Å²) in [6.07, 6.45) is 2.71. The molecule has 1 unspecified atom stereocenters. The number of rotatable bonds is 2. The molecule has 0 saturated heterocycles. The molecule has 0 N–H and O–H groups in total. The van der Waals surface area contributed by atoms with E-state index >= 15 is 0 Å². The van der Waals surface area contributed by atoms with Crippen LogP contribution in [0.2, 0.25) is 0 Å². The maximum absolute atomic E-state index is 12.1. The van der Waals surface area contributed by atoms with Gasteiger partial charge in [-0.3, -0.25) is 4.98 Å². The predicted molar refractivity (Wildman–Crippen MR) is 54.4 cm³/mol. The van der Waals surface area contributed by atoms with E-state index in [0.717, 1.165) is 0 Å². The minimum atomic E-state index is -4.93. The molecule has 1 aromatic carbocycles. The summed E-state index contributed by atoms with van der Waals surface area (Å²) in [5.41, 5.74) is -4.43. The summed E-state index contributed by atoms with van der Waals surface area (Å²) in [5.74, 6) is -0.216. The van der Waals surface area contributed by atoms with Crippen molar-refractivity contribution in [2.24, 2.45) is 0 Å². The van der Waals surface area contributed by atoms with E-state index in [4.69, 9.17) is 0 Å². The van der Waals surface area contributed by atoms with Gasteiger partial charge in [0.25, 0.3) is 0 Å². The van der Waals surface area contributed by atoms with Crippen molar-refractivity contribution in [3.05, 3.63) is 30.6 Å². The molecule has 1 heterocycles. The third-order valence-electron chi connectivity index (χ3n) is 1.82. The Morgan fingerprint density at radius 2 is 1.88 bits per heavy atom. The molecule has 0 bridgehead atoms. The van der Waals surface area contributed by atoms with Gasteiger partial charge in [-0.15, -0.1) is 0 Å². The van der Waals surface area contributed by atoms with Gasteiger partial charge in [0.1, 0.15) is 5.52 Å². The summed E-state index contributed by atoms with van der Waals surface area (Å²) in [6.45, 7) is 0. The van der Waals surface area contributed by atoms with Crippen molar-refractivity contribution in [2.75, 3.05) is 0 Å². The quantitative estimate of drug-likeness (QED) is 0.832. The standard InChI is InChI=1S/C9H5F3N2O2S/c10-9(11,12)17(15)16-7-3-1-2-6-8(7)14-5-4-13-6/h1-5H. The third kappa shape index (κ3) is 2.52. The monoisotopic (exact) mass is 262 g/mol. The molecule has 1 atom stereocenters. The fraction of sp³-hybridized carbons (Fsp3) is 0.111. The molecule has 0 saturated carbocycles. The van der Waals surface area contributed by atoms with Gasteiger partial charge in [-0.25, -0.2) is 9.19 Å². The number of nitrogens with zero attached hydrogens (tertiary/aromatic N) is 2. The van der Waals surface area contributed by atoms with Crippen LogP contribution >= 0.6 is 0 Å². The number of para-hydroxylation sites is 1. The molecule has 1 aromatic heterocycles. The first-order valence-electron chi connectivity index (χ1n) is 4.35. The molecule has 0 aliphatic rings. The van der Waals surface area contributed by atoms with Crippen LogP contribution in [0.25, 0.3) is 11.0 Å². The molecule has 0 amide bonds. The van der Waals surface area contributed by atoms with Crippen molar-refractivity contribution >= 4 is 22.1 Å². The number of aromatic nitrogens is 2. The van der Waals surface area contributed by atoms with Crippen LogP contribution in [0.15, 0.2) is 30.6 Å². The summed E-state index contributed by atoms with van der Waals surface area (Å²) < 4.78 is 51.4. The van der Waals surface area contributed by atoms with Crippen LogP contribution in [-0.4, -0.2) is 19.7 Å². The number of hydrogen-bond donors (Lipinski definition) is 0. The second kappa shape index (κ2) is 4.28. The Morgan fingerprint density at radius 3 is 2.59 bits per heavy atom. The van der Waals surface area contributed by atoms with Gasteiger partial charge in [0.05, 0.1) is 5.52 Å². The van der Waals surface area contributed by atoms with Crippen LogP contribution in [0.5, 0.6) is 5.75 Å². The normalized spacial score (nSPS) is 13.6. The van der Waals surface area contributed by atoms with Crippen molar-refractivity contribution in [3.8, 4) is 5.75 Å². The van der Waals surface area contributed by atoms with Gasteiger partial charge in [-0.2, -0.15) is 13.2 Å². The average Bonchev–Trinajstić information content (AvgIpc) is 2.28. The highest BCUT2D eigenvalue weighted by Crippen LogP contribution is 2.27. The predicted octanol–water partition coefficient (Wildman–Crippen LogP) is 2.19. The zero-order valence-corrected chi connectivity index (χ0v) is 8.96. The lowest BCUT2D eigenvalue weighted by molar-refractivity contribution is -0.0437. The Balaban J connectivity index is 2.40. The zero-order chi connectivity index (χ0) is 12.5. The molecule has 8 heteroatoms. The maximum atomic E-state index is 12.1. The summed E-state index contributed by atoms with van der Waals surface area (Å²) >= 11 is -3.41. The second-order valence-electron chi connectivity index (χ2n) is 2.94. The smallest absolute Gasteiger partial charge is 0.392 e. The highest BCUT2D eigenvalue weighted by atomic mass is 32.2. The fourth-order valence-corrected chi connectivity index (χ4v) is 1.55. The van der Waals surface area contributed by atoms with Crippen LogP contribution < -0.4 is 4.18 Å². The van der Waals surface area contributed by atoms with Crippen LogP contribution in [0.1, 0.15) is 0 Å². The Labute approximate surface area is 96.1 Å². The Kier molecular flexibility index (Phi) is 2.97. The molecule has 4 nitrogen and oxygen atoms in total. The molecule has 0 fully saturated rings. The number of halogens is 3. The molecule has 2 aromatic rings. The SMILES string of the molecule is O=S(Oc1cccc2nccnc12)C(F)(F)F. The third-order valence-corrected chi connectivity index (χ3v) is 2.52. The summed E-state index contributed by atoms with van der Waals surface area (Å²) in [7, 11) is 0. The number of alkyl halides is 3. The van der Waals surface area contributed by atoms with Gasteiger partial charge in [-0.05, 0) is 12.1 Å². The fourth-order valence-electron chi connectivity index (χ4n) is 1.16. The summed E-state index contributed by atoms with van der Waals surface area (Å²) in [4.78, 5) is 7.72. The van der Waals surface area contributed by atoms with Crippen LogP contribution in [0.4, 0.5) is 13.2 Å². The zero-order valence-electron chi connectivity index (χ0n) is 8.14. The highest BCUT2D eigenvalue weighted by molar-refractivity contribution is 7.81. The van der Waals surface area contributed by atoms with E-state index < -0.39 is 16.6 Å². The number of hydrogen-bond acceptors (Lipinski definition) is 4. The lowest BCUT2D eigenvalue weighted by Gasteiger charge is -2.08. The molecule has 0 aliphatic carbocycles. The molecular weight excluding hydrogens is 257 g/mol. The van der Waals surface area contributed by atoms with Crippen molar-refractivity contribution in [1.82, 2.24) is 9.97 Å². The highest BCUT2D eigenvalue weighted by Gasteiger charge is 2.40. The van der Waals surface area contributed by atoms with Crippen molar-refractivity contribution in [3.63, 3.8) is 0 Å². The first kappa shape index (κ1) is 11.8. The minimum Gasteiger partial charge on any atom is -0.392 e. The van der Waals surface area contributed by atoms with Crippen molar-refractivity contribution in [2.45, 2.75) is 5.51 Å². The average molecular weight is 262 g/mol. The minimum absolute atomic E-state index is 0.132. The molecule has 2 rings (SSSR count). The Bertz CT molecular complexity index is 568. The topological polar surface area (TPSA) is 52.1 Å². The second-order valence-corrected chi connectivity index (χ2v) is 4.04. The van der Waals surface area contributed by atoms with Crippen molar-refractivity contribution in [1.29, 1.82) is 0 Å². The molecule has 0 aliphatic heterocycles. The molecule has 0 spiro atoms. The lowest BCUT2D eigenvalue weighted by atomic mass is 10.3. The van der Waals surface area contributed by atoms with Gasteiger partial charge >= 0.3 is 16.6 Å². The van der Waals surface area contributed by atoms with Gasteiger partial charge in [0.2, 0.25) is 0 Å². The summed E-state index contributed by atoms with van der Waals surface area (Å²) in [5, 5.41) is 0. The van der Waals surface area contributed by atoms with Gasteiger partial charge in [0.15, 0.2) is 5.75 Å². The van der Waals surface area contributed by atoms with Crippen molar-refractivity contribution < 1.29 is 21.6 Å². The van der Waals surface area contributed by atoms with E-state index in [1.54, 1.807) is 6.07 Å². The Hall–Kier alpha value is -1.70. The molecule has 90 valence electrons. The first-order valence-corrected chi connectivity index (χ1v) is 5.42. The molecule has 17 heavy (non-hydrogen) atoms. The largest absolute Gasteiger partial charge is 0.508 e. The number of benzene rings is 1. The van der Waals surface area contributed by atoms with E-state index in [9.17, 15) is 17.4 Å². The molecule has 0 radical (unpaired) electrons. The van der Waals surface area contributed by atoms with E-state index in [0.29, 0.717) is 5.52 Å². The lowest BCUT2D eigenvalue weighted by Crippen LogP contribution is -2.21. The van der Waals surface area contributed by atoms with E-state index in [1.165, 1.54) is 24.5 Å². The first-order chi connectivity index (χ1) is 7.98. The van der Waals surface area contributed by atoms with Crippen LogP contribution in [0.3, 0.4) is 0 Å². The van der Waals surface area contributed by atoms with E-state index in [1.807, 2.05) is 0 Å². The van der Waals surface area contributed by atoms with Crippen LogP contribution in [0, 0.1) is 0 Å². The van der Waals surface area contributed by atoms with E-state index in [-0.39, 0.29) is 11.3 Å². The maximum Gasteiger partial charge on any atom is 0.508 e. The van der Waals surface area contributed by atoms with Crippen LogP contribution in [-0.2, 0) is 11.1 Å². The van der Waals surface area contributed by atoms with E-state index in [2.05, 4.69) is 14.2 Å². The molecular formula is C9H5F3N2O2S. The Morgan fingerprint density at radius 1 is 1.18 bits per heavy atom.